The summed E-state index contributed by atoms with van der Waals surface area (Å²) < 4.78 is 5.23. The summed E-state index contributed by atoms with van der Waals surface area (Å²) in [5, 5.41) is 5.00. The highest BCUT2D eigenvalue weighted by atomic mass is 32.1. The van der Waals surface area contributed by atoms with Crippen molar-refractivity contribution < 1.29 is 9.53 Å². The van der Waals surface area contributed by atoms with Crippen molar-refractivity contribution >= 4 is 17.2 Å². The van der Waals surface area contributed by atoms with Crippen molar-refractivity contribution in [3.05, 3.63) is 41.5 Å². The Morgan fingerprint density at radius 3 is 3.20 bits per heavy atom. The number of rotatable bonds is 4. The van der Waals surface area contributed by atoms with E-state index in [0.717, 1.165) is 17.5 Å². The minimum absolute atomic E-state index is 0.00318. The lowest BCUT2D eigenvalue weighted by Gasteiger charge is -2.09. The molecule has 4 nitrogen and oxygen atoms in total. The van der Waals surface area contributed by atoms with Gasteiger partial charge >= 0.3 is 0 Å². The molecule has 0 saturated carbocycles. The van der Waals surface area contributed by atoms with Gasteiger partial charge in [0.2, 0.25) is 5.91 Å². The Bertz CT molecular complexity index is 577. The number of carbonyl (C=O) groups excluding carboxylic acids is 1. The summed E-state index contributed by atoms with van der Waals surface area (Å²) in [6.07, 6.45) is 4.46. The van der Waals surface area contributed by atoms with Crippen LogP contribution in [0.2, 0.25) is 0 Å². The van der Waals surface area contributed by atoms with Crippen molar-refractivity contribution in [1.29, 1.82) is 0 Å². The topological polar surface area (TPSA) is 51.2 Å². The van der Waals surface area contributed by atoms with Crippen molar-refractivity contribution in [2.45, 2.75) is 13.0 Å². The maximum absolute atomic E-state index is 11.9. The van der Waals surface area contributed by atoms with E-state index in [4.69, 9.17) is 4.74 Å². The Kier molecular flexibility index (Phi) is 4.08. The van der Waals surface area contributed by atoms with Crippen molar-refractivity contribution in [2.24, 2.45) is 5.92 Å². The lowest BCUT2D eigenvalue weighted by atomic mass is 10.1. The number of amides is 1. The molecule has 2 aromatic rings. The number of nitrogens with one attached hydrogen (secondary N) is 1. The molecular weight excluding hydrogens is 272 g/mol. The lowest BCUT2D eigenvalue weighted by Crippen LogP contribution is -2.30. The minimum atomic E-state index is 0.00318. The number of nitrogens with zero attached hydrogens (tertiary/aromatic N) is 1. The molecule has 2 aromatic heterocycles. The molecular formula is C15H16N2O2S. The third-order valence-corrected chi connectivity index (χ3v) is 4.29. The van der Waals surface area contributed by atoms with Gasteiger partial charge in [0.1, 0.15) is 0 Å². The van der Waals surface area contributed by atoms with Gasteiger partial charge in [-0.05, 0) is 29.5 Å². The van der Waals surface area contributed by atoms with Crippen LogP contribution in [0.4, 0.5) is 0 Å². The molecule has 104 valence electrons. The van der Waals surface area contributed by atoms with E-state index in [9.17, 15) is 4.79 Å². The molecule has 0 aromatic carbocycles. The van der Waals surface area contributed by atoms with Gasteiger partial charge in [0.15, 0.2) is 0 Å². The Labute approximate surface area is 121 Å². The van der Waals surface area contributed by atoms with E-state index in [0.29, 0.717) is 19.8 Å². The first kappa shape index (κ1) is 13.3. The first-order valence-electron chi connectivity index (χ1n) is 6.66. The normalized spacial score (nSPS) is 18.1. The zero-order valence-electron chi connectivity index (χ0n) is 11.0. The van der Waals surface area contributed by atoms with E-state index < -0.39 is 0 Å². The molecule has 3 heterocycles. The van der Waals surface area contributed by atoms with E-state index in [-0.39, 0.29) is 11.8 Å². The van der Waals surface area contributed by atoms with Crippen molar-refractivity contribution in [2.75, 3.05) is 13.2 Å². The Hall–Kier alpha value is -1.72. The van der Waals surface area contributed by atoms with Crippen LogP contribution in [0.15, 0.2) is 36.0 Å². The zero-order valence-corrected chi connectivity index (χ0v) is 11.9. The highest BCUT2D eigenvalue weighted by molar-refractivity contribution is 7.13. The third-order valence-electron chi connectivity index (χ3n) is 3.37. The first-order valence-corrected chi connectivity index (χ1v) is 7.54. The van der Waals surface area contributed by atoms with Gasteiger partial charge in [-0.1, -0.05) is 6.07 Å². The van der Waals surface area contributed by atoms with Crippen LogP contribution < -0.4 is 5.32 Å². The summed E-state index contributed by atoms with van der Waals surface area (Å²) >= 11 is 1.69. The van der Waals surface area contributed by atoms with Crippen molar-refractivity contribution in [1.82, 2.24) is 10.3 Å². The van der Waals surface area contributed by atoms with E-state index in [2.05, 4.69) is 22.4 Å². The maximum Gasteiger partial charge on any atom is 0.225 e. The number of ether oxygens (including phenoxy) is 1. The average Bonchev–Trinajstić information content (AvgIpc) is 3.17. The molecule has 3 rings (SSSR count). The lowest BCUT2D eigenvalue weighted by molar-refractivity contribution is -0.125. The summed E-state index contributed by atoms with van der Waals surface area (Å²) in [5.74, 6) is 0.0764. The molecule has 1 fully saturated rings. The molecule has 5 heteroatoms. The fourth-order valence-corrected chi connectivity index (χ4v) is 2.95. The molecule has 0 aliphatic carbocycles. The van der Waals surface area contributed by atoms with Gasteiger partial charge < -0.3 is 10.1 Å². The molecule has 1 aliphatic rings. The second kappa shape index (κ2) is 6.15. The third kappa shape index (κ3) is 3.05. The van der Waals surface area contributed by atoms with Crippen LogP contribution >= 0.6 is 11.3 Å². The van der Waals surface area contributed by atoms with E-state index in [1.54, 1.807) is 17.5 Å². The van der Waals surface area contributed by atoms with Crippen LogP contribution in [-0.4, -0.2) is 24.1 Å². The molecule has 1 saturated heterocycles. The minimum Gasteiger partial charge on any atom is -0.381 e. The summed E-state index contributed by atoms with van der Waals surface area (Å²) in [7, 11) is 0. The van der Waals surface area contributed by atoms with Gasteiger partial charge in [0, 0.05) is 36.0 Å². The monoisotopic (exact) mass is 288 g/mol. The largest absolute Gasteiger partial charge is 0.381 e. The second-order valence-corrected chi connectivity index (χ2v) is 5.79. The van der Waals surface area contributed by atoms with Gasteiger partial charge in [-0.2, -0.15) is 0 Å². The van der Waals surface area contributed by atoms with Crippen LogP contribution in [0.25, 0.3) is 10.4 Å². The number of hydrogen-bond acceptors (Lipinski definition) is 4. The number of thiophene rings is 1. The number of pyridine rings is 1. The van der Waals surface area contributed by atoms with Gasteiger partial charge in [-0.3, -0.25) is 9.78 Å². The molecule has 1 aliphatic heterocycles. The summed E-state index contributed by atoms with van der Waals surface area (Å²) in [6, 6.07) is 6.17. The second-order valence-electron chi connectivity index (χ2n) is 4.84. The maximum atomic E-state index is 11.9. The standard InChI is InChI=1S/C15H16N2O2S/c18-15(12-3-4-19-10-12)17-8-11-6-13(9-16-7-11)14-2-1-5-20-14/h1-2,5-7,9,12H,3-4,8,10H2,(H,17,18). The van der Waals surface area contributed by atoms with Crippen molar-refractivity contribution in [3.63, 3.8) is 0 Å². The van der Waals surface area contributed by atoms with Gasteiger partial charge in [-0.15, -0.1) is 11.3 Å². The van der Waals surface area contributed by atoms with Crippen molar-refractivity contribution in [3.8, 4) is 10.4 Å². The van der Waals surface area contributed by atoms with Crippen LogP contribution in [0.5, 0.6) is 0 Å². The van der Waals surface area contributed by atoms with Gasteiger partial charge in [0.25, 0.3) is 0 Å². The number of aromatic nitrogens is 1. The highest BCUT2D eigenvalue weighted by Gasteiger charge is 2.22. The highest BCUT2D eigenvalue weighted by Crippen LogP contribution is 2.24. The smallest absolute Gasteiger partial charge is 0.225 e. The average molecular weight is 288 g/mol. The molecule has 1 unspecified atom stereocenters. The van der Waals surface area contributed by atoms with Crippen LogP contribution in [-0.2, 0) is 16.1 Å². The molecule has 0 spiro atoms. The van der Waals surface area contributed by atoms with E-state index in [1.165, 1.54) is 4.88 Å². The van der Waals surface area contributed by atoms with E-state index >= 15 is 0 Å². The number of hydrogen-bond donors (Lipinski definition) is 1. The van der Waals surface area contributed by atoms with Gasteiger partial charge in [-0.25, -0.2) is 0 Å². The fraction of sp³-hybridized carbons (Fsp3) is 0.333. The molecule has 0 bridgehead atoms. The molecule has 20 heavy (non-hydrogen) atoms. The SMILES string of the molecule is O=C(NCc1cncc(-c2cccs2)c1)C1CCOC1. The Morgan fingerprint density at radius 1 is 1.50 bits per heavy atom. The summed E-state index contributed by atoms with van der Waals surface area (Å²) in [4.78, 5) is 17.4. The van der Waals surface area contributed by atoms with Gasteiger partial charge in [0.05, 0.1) is 12.5 Å². The summed E-state index contributed by atoms with van der Waals surface area (Å²) in [5.41, 5.74) is 2.11. The van der Waals surface area contributed by atoms with Crippen LogP contribution in [0, 0.1) is 5.92 Å². The quantitative estimate of drug-likeness (QED) is 0.940. The summed E-state index contributed by atoms with van der Waals surface area (Å²) in [6.45, 7) is 1.74. The molecule has 1 amide bonds. The van der Waals surface area contributed by atoms with Crippen LogP contribution in [0.3, 0.4) is 0 Å². The van der Waals surface area contributed by atoms with E-state index in [1.807, 2.05) is 17.6 Å². The Balaban J connectivity index is 1.63. The molecule has 1 N–H and O–H groups in total. The fourth-order valence-electron chi connectivity index (χ4n) is 2.24. The molecule has 0 radical (unpaired) electrons. The predicted molar refractivity (Wildman–Crippen MR) is 78.3 cm³/mol. The Morgan fingerprint density at radius 2 is 2.45 bits per heavy atom. The van der Waals surface area contributed by atoms with Crippen LogP contribution in [0.1, 0.15) is 12.0 Å². The first-order chi connectivity index (χ1) is 9.83. The predicted octanol–water partition coefficient (Wildman–Crippen LogP) is 2.46. The number of carbonyl (C=O) groups is 1. The zero-order chi connectivity index (χ0) is 13.8. The molecule has 1 atom stereocenters.